The first kappa shape index (κ1) is 13.2. The van der Waals surface area contributed by atoms with Crippen molar-refractivity contribution in [3.63, 3.8) is 0 Å². The maximum atomic E-state index is 11.6. The van der Waals surface area contributed by atoms with E-state index in [1.165, 1.54) is 0 Å². The van der Waals surface area contributed by atoms with Crippen LogP contribution in [0.2, 0.25) is 0 Å². The fourth-order valence-electron chi connectivity index (χ4n) is 1.20. The van der Waals surface area contributed by atoms with Crippen LogP contribution in [0.5, 0.6) is 0 Å². The number of carbonyl (C=O) groups is 2. The van der Waals surface area contributed by atoms with Crippen LogP contribution in [0.25, 0.3) is 0 Å². The van der Waals surface area contributed by atoms with Crippen LogP contribution in [-0.4, -0.2) is 17.4 Å². The van der Waals surface area contributed by atoms with Crippen LogP contribution in [0.15, 0.2) is 24.3 Å². The van der Waals surface area contributed by atoms with E-state index in [0.717, 1.165) is 5.56 Å². The van der Waals surface area contributed by atoms with Gasteiger partial charge in [-0.25, -0.2) is 0 Å². The molecular formula is C12H17N3O2. The Hall–Kier alpha value is -1.88. The summed E-state index contributed by atoms with van der Waals surface area (Å²) >= 11 is 0. The second kappa shape index (κ2) is 4.97. The van der Waals surface area contributed by atoms with Gasteiger partial charge in [-0.05, 0) is 31.5 Å². The molecule has 0 aromatic heterocycles. The van der Waals surface area contributed by atoms with Gasteiger partial charge in [-0.2, -0.15) is 0 Å². The monoisotopic (exact) mass is 235 g/mol. The SMILES string of the molecule is CC(C)(N)C(=O)Nc1ccc(CC(N)=O)cc1. The largest absolute Gasteiger partial charge is 0.369 e. The lowest BCUT2D eigenvalue weighted by Gasteiger charge is -2.17. The molecule has 0 saturated carbocycles. The summed E-state index contributed by atoms with van der Waals surface area (Å²) in [5.74, 6) is -0.648. The van der Waals surface area contributed by atoms with Gasteiger partial charge in [0.2, 0.25) is 11.8 Å². The van der Waals surface area contributed by atoms with Crippen molar-refractivity contribution in [1.82, 2.24) is 0 Å². The maximum Gasteiger partial charge on any atom is 0.243 e. The quantitative estimate of drug-likeness (QED) is 0.704. The minimum Gasteiger partial charge on any atom is -0.369 e. The molecule has 1 rings (SSSR count). The Morgan fingerprint density at radius 1 is 1.24 bits per heavy atom. The maximum absolute atomic E-state index is 11.6. The minimum absolute atomic E-state index is 0.191. The Kier molecular flexibility index (Phi) is 3.85. The Balaban J connectivity index is 2.69. The number of rotatable bonds is 4. The van der Waals surface area contributed by atoms with Gasteiger partial charge in [0, 0.05) is 5.69 Å². The fourth-order valence-corrected chi connectivity index (χ4v) is 1.20. The summed E-state index contributed by atoms with van der Waals surface area (Å²) in [4.78, 5) is 22.3. The Labute approximate surface area is 100 Å². The molecule has 2 amide bonds. The molecule has 5 heteroatoms. The van der Waals surface area contributed by atoms with E-state index in [9.17, 15) is 9.59 Å². The zero-order valence-corrected chi connectivity index (χ0v) is 9.99. The van der Waals surface area contributed by atoms with Crippen molar-refractivity contribution in [3.05, 3.63) is 29.8 Å². The molecule has 1 aromatic carbocycles. The lowest BCUT2D eigenvalue weighted by molar-refractivity contribution is -0.120. The summed E-state index contributed by atoms with van der Waals surface area (Å²) in [5.41, 5.74) is 11.2. The molecule has 5 nitrogen and oxygen atoms in total. The van der Waals surface area contributed by atoms with Crippen LogP contribution in [0, 0.1) is 0 Å². The van der Waals surface area contributed by atoms with Gasteiger partial charge >= 0.3 is 0 Å². The predicted octanol–water partition coefficient (Wildman–Crippen LogP) is 0.390. The molecule has 1 aromatic rings. The zero-order valence-electron chi connectivity index (χ0n) is 9.99. The van der Waals surface area contributed by atoms with E-state index in [-0.39, 0.29) is 18.2 Å². The Bertz CT molecular complexity index is 418. The number of anilines is 1. The van der Waals surface area contributed by atoms with Crippen molar-refractivity contribution in [2.24, 2.45) is 11.5 Å². The topological polar surface area (TPSA) is 98.2 Å². The van der Waals surface area contributed by atoms with E-state index in [1.807, 2.05) is 0 Å². The third kappa shape index (κ3) is 4.24. The molecule has 0 spiro atoms. The number of nitrogens with two attached hydrogens (primary N) is 2. The molecular weight excluding hydrogens is 218 g/mol. The third-order valence-corrected chi connectivity index (χ3v) is 2.18. The van der Waals surface area contributed by atoms with Crippen LogP contribution in [0.4, 0.5) is 5.69 Å². The van der Waals surface area contributed by atoms with Crippen molar-refractivity contribution >= 4 is 17.5 Å². The molecule has 0 bridgehead atoms. The average Bonchev–Trinajstić information content (AvgIpc) is 2.18. The predicted molar refractivity (Wildman–Crippen MR) is 66.2 cm³/mol. The van der Waals surface area contributed by atoms with Crippen LogP contribution >= 0.6 is 0 Å². The van der Waals surface area contributed by atoms with Gasteiger partial charge in [-0.1, -0.05) is 12.1 Å². The van der Waals surface area contributed by atoms with Crippen LogP contribution in [0.3, 0.4) is 0 Å². The smallest absolute Gasteiger partial charge is 0.243 e. The molecule has 0 atom stereocenters. The van der Waals surface area contributed by atoms with Crippen molar-refractivity contribution in [3.8, 4) is 0 Å². The second-order valence-corrected chi connectivity index (χ2v) is 4.52. The van der Waals surface area contributed by atoms with E-state index >= 15 is 0 Å². The van der Waals surface area contributed by atoms with Gasteiger partial charge in [-0.15, -0.1) is 0 Å². The lowest BCUT2D eigenvalue weighted by Crippen LogP contribution is -2.45. The highest BCUT2D eigenvalue weighted by Gasteiger charge is 2.21. The summed E-state index contributed by atoms with van der Waals surface area (Å²) in [7, 11) is 0. The van der Waals surface area contributed by atoms with Gasteiger partial charge in [0.15, 0.2) is 0 Å². The zero-order chi connectivity index (χ0) is 13.1. The standard InChI is InChI=1S/C12H17N3O2/c1-12(2,14)11(17)15-9-5-3-8(4-6-9)7-10(13)16/h3-6H,7,14H2,1-2H3,(H2,13,16)(H,15,17). The number of amides is 2. The number of benzene rings is 1. The molecule has 0 aliphatic heterocycles. The summed E-state index contributed by atoms with van der Waals surface area (Å²) < 4.78 is 0. The molecule has 0 heterocycles. The van der Waals surface area contributed by atoms with E-state index in [0.29, 0.717) is 5.69 Å². The molecule has 0 unspecified atom stereocenters. The number of nitrogens with one attached hydrogen (secondary N) is 1. The molecule has 0 radical (unpaired) electrons. The van der Waals surface area contributed by atoms with Gasteiger partial charge in [0.1, 0.15) is 0 Å². The molecule has 0 aliphatic rings. The van der Waals surface area contributed by atoms with Crippen LogP contribution < -0.4 is 16.8 Å². The lowest BCUT2D eigenvalue weighted by atomic mass is 10.1. The van der Waals surface area contributed by atoms with E-state index in [2.05, 4.69) is 5.32 Å². The highest BCUT2D eigenvalue weighted by molar-refractivity contribution is 5.97. The van der Waals surface area contributed by atoms with Crippen LogP contribution in [0.1, 0.15) is 19.4 Å². The number of hydrogen-bond donors (Lipinski definition) is 3. The molecule has 17 heavy (non-hydrogen) atoms. The average molecular weight is 235 g/mol. The minimum atomic E-state index is -0.925. The normalized spacial score (nSPS) is 11.0. The van der Waals surface area contributed by atoms with Crippen molar-refractivity contribution in [1.29, 1.82) is 0 Å². The van der Waals surface area contributed by atoms with Gasteiger partial charge in [0.25, 0.3) is 0 Å². The highest BCUT2D eigenvalue weighted by atomic mass is 16.2. The first-order valence-electron chi connectivity index (χ1n) is 5.26. The number of primary amides is 1. The van der Waals surface area contributed by atoms with Crippen LogP contribution in [-0.2, 0) is 16.0 Å². The van der Waals surface area contributed by atoms with Gasteiger partial charge < -0.3 is 16.8 Å². The highest BCUT2D eigenvalue weighted by Crippen LogP contribution is 2.11. The van der Waals surface area contributed by atoms with Crippen molar-refractivity contribution in [2.75, 3.05) is 5.32 Å². The van der Waals surface area contributed by atoms with Gasteiger partial charge in [-0.3, -0.25) is 9.59 Å². The summed E-state index contributed by atoms with van der Waals surface area (Å²) in [6, 6.07) is 6.90. The molecule has 5 N–H and O–H groups in total. The van der Waals surface area contributed by atoms with Crippen molar-refractivity contribution < 1.29 is 9.59 Å². The Morgan fingerprint density at radius 2 is 1.76 bits per heavy atom. The first-order valence-corrected chi connectivity index (χ1v) is 5.26. The van der Waals surface area contributed by atoms with Crippen molar-refractivity contribution in [2.45, 2.75) is 25.8 Å². The van der Waals surface area contributed by atoms with Gasteiger partial charge in [0.05, 0.1) is 12.0 Å². The second-order valence-electron chi connectivity index (χ2n) is 4.52. The molecule has 0 fully saturated rings. The Morgan fingerprint density at radius 3 is 2.18 bits per heavy atom. The fraction of sp³-hybridized carbons (Fsp3) is 0.333. The van der Waals surface area contributed by atoms with E-state index in [1.54, 1.807) is 38.1 Å². The molecule has 92 valence electrons. The first-order chi connectivity index (χ1) is 7.79. The molecule has 0 saturated heterocycles. The summed E-state index contributed by atoms with van der Waals surface area (Å²) in [6.45, 7) is 3.26. The third-order valence-electron chi connectivity index (χ3n) is 2.18. The number of carbonyl (C=O) groups excluding carboxylic acids is 2. The van der Waals surface area contributed by atoms with E-state index < -0.39 is 5.54 Å². The summed E-state index contributed by atoms with van der Waals surface area (Å²) in [5, 5.41) is 2.68. The number of hydrogen-bond acceptors (Lipinski definition) is 3. The van der Waals surface area contributed by atoms with E-state index in [4.69, 9.17) is 11.5 Å². The molecule has 0 aliphatic carbocycles. The summed E-state index contributed by atoms with van der Waals surface area (Å²) in [6.07, 6.45) is 0.191.